The lowest BCUT2D eigenvalue weighted by atomic mass is 10.2. The summed E-state index contributed by atoms with van der Waals surface area (Å²) in [5, 5.41) is 14.7. The summed E-state index contributed by atoms with van der Waals surface area (Å²) in [5.74, 6) is 0.397. The second-order valence-electron chi connectivity index (χ2n) is 6.63. The Hall–Kier alpha value is -3.20. The Kier molecular flexibility index (Phi) is 5.85. The van der Waals surface area contributed by atoms with Crippen molar-refractivity contribution in [2.75, 3.05) is 12.3 Å². The highest BCUT2D eigenvalue weighted by molar-refractivity contribution is 7.99. The first-order chi connectivity index (χ1) is 14.2. The first-order valence-corrected chi connectivity index (χ1v) is 10.3. The first-order valence-electron chi connectivity index (χ1n) is 9.31. The molecule has 0 saturated heterocycles. The lowest BCUT2D eigenvalue weighted by Gasteiger charge is -2.10. The largest absolute Gasteiger partial charge is 0.352 e. The summed E-state index contributed by atoms with van der Waals surface area (Å²) in [7, 11) is 0. The number of benzene rings is 1. The van der Waals surface area contributed by atoms with Crippen LogP contribution in [0.3, 0.4) is 0 Å². The van der Waals surface area contributed by atoms with Crippen LogP contribution in [0, 0.1) is 0 Å². The minimum absolute atomic E-state index is 0.0117. The predicted molar refractivity (Wildman–Crippen MR) is 109 cm³/mol. The van der Waals surface area contributed by atoms with Gasteiger partial charge in [-0.25, -0.2) is 0 Å². The van der Waals surface area contributed by atoms with Gasteiger partial charge in [0.2, 0.25) is 11.8 Å². The van der Waals surface area contributed by atoms with Crippen molar-refractivity contribution in [1.82, 2.24) is 30.4 Å². The normalized spacial score (nSPS) is 13.1. The van der Waals surface area contributed by atoms with E-state index in [9.17, 15) is 9.59 Å². The van der Waals surface area contributed by atoms with Gasteiger partial charge in [0.15, 0.2) is 11.0 Å². The third-order valence-electron chi connectivity index (χ3n) is 4.29. The molecule has 0 bridgehead atoms. The number of carbonyl (C=O) groups excluding carboxylic acids is 2. The molecule has 1 saturated carbocycles. The number of para-hydroxylation sites is 1. The van der Waals surface area contributed by atoms with Gasteiger partial charge in [-0.2, -0.15) is 0 Å². The van der Waals surface area contributed by atoms with Gasteiger partial charge in [-0.05, 0) is 37.1 Å². The van der Waals surface area contributed by atoms with Crippen LogP contribution >= 0.6 is 11.8 Å². The van der Waals surface area contributed by atoms with Crippen molar-refractivity contribution >= 4 is 23.6 Å². The topological polar surface area (TPSA) is 102 Å². The molecule has 2 N–H and O–H groups in total. The zero-order valence-electron chi connectivity index (χ0n) is 15.6. The number of hydrogen-bond donors (Lipinski definition) is 2. The predicted octanol–water partition coefficient (Wildman–Crippen LogP) is 1.82. The molecule has 0 unspecified atom stereocenters. The summed E-state index contributed by atoms with van der Waals surface area (Å²) in [6, 6.07) is 13.7. The number of nitrogens with one attached hydrogen (secondary N) is 2. The average molecular weight is 408 g/mol. The molecule has 2 amide bonds. The zero-order valence-corrected chi connectivity index (χ0v) is 16.4. The first kappa shape index (κ1) is 19.1. The van der Waals surface area contributed by atoms with Gasteiger partial charge in [0.05, 0.1) is 12.3 Å². The van der Waals surface area contributed by atoms with Crippen LogP contribution in [-0.2, 0) is 9.59 Å². The fourth-order valence-electron chi connectivity index (χ4n) is 2.72. The summed E-state index contributed by atoms with van der Waals surface area (Å²) in [4.78, 5) is 28.0. The molecule has 8 nitrogen and oxygen atoms in total. The lowest BCUT2D eigenvalue weighted by Crippen LogP contribution is -2.38. The van der Waals surface area contributed by atoms with Gasteiger partial charge in [0.1, 0.15) is 0 Å². The molecule has 2 heterocycles. The number of rotatable bonds is 8. The number of thioether (sulfide) groups is 1. The third-order valence-corrected chi connectivity index (χ3v) is 5.22. The number of carbonyl (C=O) groups is 2. The second kappa shape index (κ2) is 8.87. The van der Waals surface area contributed by atoms with E-state index in [1.54, 1.807) is 12.4 Å². The molecule has 2 aromatic heterocycles. The van der Waals surface area contributed by atoms with E-state index in [0.29, 0.717) is 11.0 Å². The maximum atomic E-state index is 12.2. The highest BCUT2D eigenvalue weighted by Gasteiger charge is 2.23. The highest BCUT2D eigenvalue weighted by atomic mass is 32.2. The van der Waals surface area contributed by atoms with E-state index < -0.39 is 0 Å². The van der Waals surface area contributed by atoms with E-state index in [2.05, 4.69) is 25.8 Å². The fourth-order valence-corrected chi connectivity index (χ4v) is 3.50. The number of nitrogens with zero attached hydrogens (tertiary/aromatic N) is 4. The number of amides is 2. The summed E-state index contributed by atoms with van der Waals surface area (Å²) in [5.41, 5.74) is 1.72. The summed E-state index contributed by atoms with van der Waals surface area (Å²) in [6.45, 7) is -0.0117. The average Bonchev–Trinajstić information content (AvgIpc) is 3.47. The molecule has 1 aliphatic carbocycles. The number of hydrogen-bond acceptors (Lipinski definition) is 6. The molecule has 4 rings (SSSR count). The molecule has 148 valence electrons. The maximum Gasteiger partial charge on any atom is 0.239 e. The van der Waals surface area contributed by atoms with Gasteiger partial charge < -0.3 is 10.6 Å². The van der Waals surface area contributed by atoms with Gasteiger partial charge in [0.25, 0.3) is 0 Å². The van der Waals surface area contributed by atoms with Crippen LogP contribution in [-0.4, -0.2) is 49.9 Å². The Labute approximate surface area is 172 Å². The second-order valence-corrected chi connectivity index (χ2v) is 7.57. The quantitative estimate of drug-likeness (QED) is 0.551. The Morgan fingerprint density at radius 3 is 2.62 bits per heavy atom. The van der Waals surface area contributed by atoms with Crippen LogP contribution in [0.15, 0.2) is 60.0 Å². The highest BCUT2D eigenvalue weighted by Crippen LogP contribution is 2.27. The molecule has 0 aliphatic heterocycles. The minimum atomic E-state index is -0.230. The Morgan fingerprint density at radius 1 is 1.07 bits per heavy atom. The van der Waals surface area contributed by atoms with Crippen LogP contribution < -0.4 is 10.6 Å². The molecule has 0 atom stereocenters. The molecule has 29 heavy (non-hydrogen) atoms. The molecular weight excluding hydrogens is 388 g/mol. The molecular formula is C20H20N6O2S. The minimum Gasteiger partial charge on any atom is -0.352 e. The molecule has 1 aromatic carbocycles. The standard InChI is InChI=1S/C20H20N6O2S/c27-17(23-15-8-9-15)12-22-18(28)13-29-20-25-24-19(14-5-4-10-21-11-14)26(20)16-6-2-1-3-7-16/h1-7,10-11,15H,8-9,12-13H2,(H,22,28)(H,23,27). The SMILES string of the molecule is O=C(CSc1nnc(-c2cccnc2)n1-c1ccccc1)NCC(=O)NC1CC1. The Morgan fingerprint density at radius 2 is 1.90 bits per heavy atom. The smallest absolute Gasteiger partial charge is 0.239 e. The van der Waals surface area contributed by atoms with Crippen molar-refractivity contribution in [3.8, 4) is 17.1 Å². The summed E-state index contributed by atoms with van der Waals surface area (Å²) in [6.07, 6.45) is 5.46. The van der Waals surface area contributed by atoms with Crippen molar-refractivity contribution in [1.29, 1.82) is 0 Å². The van der Waals surface area contributed by atoms with Crippen molar-refractivity contribution in [2.45, 2.75) is 24.0 Å². The van der Waals surface area contributed by atoms with Gasteiger partial charge in [-0.3, -0.25) is 19.1 Å². The Bertz CT molecular complexity index is 989. The van der Waals surface area contributed by atoms with Crippen molar-refractivity contribution in [2.24, 2.45) is 0 Å². The zero-order chi connectivity index (χ0) is 20.1. The van der Waals surface area contributed by atoms with E-state index in [4.69, 9.17) is 0 Å². The van der Waals surface area contributed by atoms with E-state index in [1.807, 2.05) is 47.0 Å². The molecule has 3 aromatic rings. The third kappa shape index (κ3) is 5.00. The van der Waals surface area contributed by atoms with E-state index in [-0.39, 0.29) is 30.2 Å². The van der Waals surface area contributed by atoms with Crippen molar-refractivity contribution in [3.63, 3.8) is 0 Å². The van der Waals surface area contributed by atoms with E-state index in [1.165, 1.54) is 11.8 Å². The van der Waals surface area contributed by atoms with Crippen molar-refractivity contribution < 1.29 is 9.59 Å². The molecule has 1 aliphatic rings. The number of aromatic nitrogens is 4. The molecule has 9 heteroatoms. The van der Waals surface area contributed by atoms with Crippen LogP contribution in [0.4, 0.5) is 0 Å². The van der Waals surface area contributed by atoms with Gasteiger partial charge in [0, 0.05) is 29.7 Å². The van der Waals surface area contributed by atoms with Crippen LogP contribution in [0.2, 0.25) is 0 Å². The summed E-state index contributed by atoms with van der Waals surface area (Å²) >= 11 is 1.27. The van der Waals surface area contributed by atoms with E-state index in [0.717, 1.165) is 24.1 Å². The molecule has 1 fully saturated rings. The monoisotopic (exact) mass is 408 g/mol. The van der Waals surface area contributed by atoms with Crippen molar-refractivity contribution in [3.05, 3.63) is 54.9 Å². The lowest BCUT2D eigenvalue weighted by molar-refractivity contribution is -0.124. The van der Waals surface area contributed by atoms with Crippen LogP contribution in [0.5, 0.6) is 0 Å². The van der Waals surface area contributed by atoms with Gasteiger partial charge in [-0.1, -0.05) is 30.0 Å². The van der Waals surface area contributed by atoms with Gasteiger partial charge in [-0.15, -0.1) is 10.2 Å². The number of pyridine rings is 1. The van der Waals surface area contributed by atoms with E-state index >= 15 is 0 Å². The fraction of sp³-hybridized carbons (Fsp3) is 0.250. The summed E-state index contributed by atoms with van der Waals surface area (Å²) < 4.78 is 1.90. The van der Waals surface area contributed by atoms with Crippen LogP contribution in [0.25, 0.3) is 17.1 Å². The van der Waals surface area contributed by atoms with Gasteiger partial charge >= 0.3 is 0 Å². The maximum absolute atomic E-state index is 12.2. The Balaban J connectivity index is 1.46. The molecule has 0 spiro atoms. The van der Waals surface area contributed by atoms with Crippen LogP contribution in [0.1, 0.15) is 12.8 Å². The molecule has 0 radical (unpaired) electrons.